The fourth-order valence-corrected chi connectivity index (χ4v) is 1.48. The molecule has 2 rings (SSSR count). The number of nitrogen functional groups attached to an aromatic ring is 1. The van der Waals surface area contributed by atoms with Gasteiger partial charge in [0.15, 0.2) is 0 Å². The van der Waals surface area contributed by atoms with Crippen molar-refractivity contribution in [1.82, 2.24) is 20.1 Å². The third-order valence-electron chi connectivity index (χ3n) is 2.52. The molecule has 0 saturated heterocycles. The van der Waals surface area contributed by atoms with E-state index in [1.54, 1.807) is 13.2 Å². The van der Waals surface area contributed by atoms with Gasteiger partial charge in [-0.3, -0.25) is 14.3 Å². The van der Waals surface area contributed by atoms with Crippen LogP contribution in [-0.2, 0) is 13.6 Å². The van der Waals surface area contributed by atoms with E-state index < -0.39 is 0 Å². The van der Waals surface area contributed by atoms with Crippen LogP contribution in [0, 0.1) is 0 Å². The minimum atomic E-state index is -0.365. The number of carbonyl (C=O) groups excluding carboxylic acids is 1. The summed E-state index contributed by atoms with van der Waals surface area (Å²) in [4.78, 5) is 25.2. The molecule has 2 aromatic heterocycles. The molecule has 0 aliphatic heterocycles. The summed E-state index contributed by atoms with van der Waals surface area (Å²) < 4.78 is 1.52. The van der Waals surface area contributed by atoms with Crippen LogP contribution in [0.1, 0.15) is 16.1 Å². The summed E-state index contributed by atoms with van der Waals surface area (Å²) in [6.45, 7) is 0.259. The van der Waals surface area contributed by atoms with Crippen LogP contribution in [-0.4, -0.2) is 20.7 Å². The maximum absolute atomic E-state index is 11.7. The Bertz CT molecular complexity index is 628. The predicted octanol–water partition coefficient (Wildman–Crippen LogP) is -0.379. The zero-order valence-electron chi connectivity index (χ0n) is 9.80. The first-order valence-corrected chi connectivity index (χ1v) is 5.32. The van der Waals surface area contributed by atoms with Crippen molar-refractivity contribution in [3.8, 4) is 0 Å². The monoisotopic (exact) mass is 247 g/mol. The van der Waals surface area contributed by atoms with Crippen LogP contribution in [0.2, 0.25) is 0 Å². The first-order chi connectivity index (χ1) is 8.58. The molecule has 0 bridgehead atoms. The predicted molar refractivity (Wildman–Crippen MR) is 65.9 cm³/mol. The second kappa shape index (κ2) is 4.74. The van der Waals surface area contributed by atoms with Crippen LogP contribution in [0.5, 0.6) is 0 Å². The number of nitrogens with zero attached hydrogens (tertiary/aromatic N) is 2. The van der Waals surface area contributed by atoms with Crippen LogP contribution >= 0.6 is 0 Å². The van der Waals surface area contributed by atoms with E-state index in [1.807, 2.05) is 0 Å². The number of hydrogen-bond acceptors (Lipinski definition) is 4. The number of nitrogens with one attached hydrogen (secondary N) is 2. The third kappa shape index (κ3) is 2.40. The largest absolute Gasteiger partial charge is 0.384 e. The Hall–Kier alpha value is -2.57. The number of anilines is 1. The van der Waals surface area contributed by atoms with E-state index in [-0.39, 0.29) is 23.7 Å². The quantitative estimate of drug-likeness (QED) is 0.687. The maximum Gasteiger partial charge on any atom is 0.268 e. The molecule has 4 N–H and O–H groups in total. The number of aromatic nitrogens is 3. The number of aryl methyl sites for hydroxylation is 1. The van der Waals surface area contributed by atoms with Crippen molar-refractivity contribution in [2.75, 3.05) is 5.73 Å². The van der Waals surface area contributed by atoms with Gasteiger partial charge in [0.05, 0.1) is 6.20 Å². The number of amides is 1. The van der Waals surface area contributed by atoms with E-state index in [1.165, 1.54) is 22.9 Å². The van der Waals surface area contributed by atoms with Gasteiger partial charge >= 0.3 is 0 Å². The summed E-state index contributed by atoms with van der Waals surface area (Å²) in [5, 5.41) is 6.62. The Kier molecular flexibility index (Phi) is 3.13. The summed E-state index contributed by atoms with van der Waals surface area (Å²) in [7, 11) is 1.72. The topological polar surface area (TPSA) is 106 Å². The molecule has 7 heteroatoms. The zero-order chi connectivity index (χ0) is 13.1. The standard InChI is InChI=1S/C11H13N5O2/c1-16-10(12)7(6-14-16)5-13-11(18)8-3-2-4-9(17)15-8/h2-4,6H,5,12H2,1H3,(H,13,18)(H,15,17). The molecule has 0 aliphatic rings. The summed E-state index contributed by atoms with van der Waals surface area (Å²) >= 11 is 0. The highest BCUT2D eigenvalue weighted by Gasteiger charge is 2.09. The van der Waals surface area contributed by atoms with Crippen molar-refractivity contribution in [3.63, 3.8) is 0 Å². The van der Waals surface area contributed by atoms with Crippen molar-refractivity contribution in [3.05, 3.63) is 46.0 Å². The number of hydrogen-bond donors (Lipinski definition) is 3. The van der Waals surface area contributed by atoms with Gasteiger partial charge in [0, 0.05) is 25.2 Å². The molecule has 18 heavy (non-hydrogen) atoms. The average molecular weight is 247 g/mol. The molecule has 0 spiro atoms. The van der Waals surface area contributed by atoms with E-state index in [4.69, 9.17) is 5.73 Å². The molecule has 1 amide bonds. The lowest BCUT2D eigenvalue weighted by Gasteiger charge is -2.04. The number of H-pyrrole nitrogens is 1. The molecular weight excluding hydrogens is 234 g/mol. The smallest absolute Gasteiger partial charge is 0.268 e. The van der Waals surface area contributed by atoms with Crippen molar-refractivity contribution in [2.45, 2.75) is 6.54 Å². The van der Waals surface area contributed by atoms with Gasteiger partial charge in [-0.2, -0.15) is 5.10 Å². The molecule has 0 fully saturated rings. The highest BCUT2D eigenvalue weighted by molar-refractivity contribution is 5.92. The van der Waals surface area contributed by atoms with Gasteiger partial charge in [0.1, 0.15) is 11.5 Å². The second-order valence-electron chi connectivity index (χ2n) is 3.79. The first kappa shape index (κ1) is 11.9. The lowest BCUT2D eigenvalue weighted by Crippen LogP contribution is -2.25. The maximum atomic E-state index is 11.7. The molecular formula is C11H13N5O2. The lowest BCUT2D eigenvalue weighted by molar-refractivity contribution is 0.0946. The highest BCUT2D eigenvalue weighted by atomic mass is 16.2. The molecule has 0 saturated carbocycles. The van der Waals surface area contributed by atoms with Gasteiger partial charge in [0.25, 0.3) is 5.91 Å². The Morgan fingerprint density at radius 3 is 2.94 bits per heavy atom. The van der Waals surface area contributed by atoms with Gasteiger partial charge in [0.2, 0.25) is 5.56 Å². The van der Waals surface area contributed by atoms with E-state index in [0.29, 0.717) is 5.82 Å². The number of rotatable bonds is 3. The number of pyridine rings is 1. The molecule has 7 nitrogen and oxygen atoms in total. The third-order valence-corrected chi connectivity index (χ3v) is 2.52. The number of aromatic amines is 1. The van der Waals surface area contributed by atoms with E-state index in [0.717, 1.165) is 5.56 Å². The minimum Gasteiger partial charge on any atom is -0.384 e. The van der Waals surface area contributed by atoms with Crippen LogP contribution in [0.4, 0.5) is 5.82 Å². The molecule has 2 aromatic rings. The fourth-order valence-electron chi connectivity index (χ4n) is 1.48. The Labute approximate surface area is 103 Å². The fraction of sp³-hybridized carbons (Fsp3) is 0.182. The normalized spacial score (nSPS) is 10.3. The zero-order valence-corrected chi connectivity index (χ0v) is 9.80. The van der Waals surface area contributed by atoms with E-state index in [2.05, 4.69) is 15.4 Å². The van der Waals surface area contributed by atoms with Crippen LogP contribution in [0.25, 0.3) is 0 Å². The summed E-state index contributed by atoms with van der Waals surface area (Å²) in [6, 6.07) is 4.39. The van der Waals surface area contributed by atoms with E-state index in [9.17, 15) is 9.59 Å². The number of nitrogens with two attached hydrogens (primary N) is 1. The molecule has 0 radical (unpaired) electrons. The van der Waals surface area contributed by atoms with Crippen molar-refractivity contribution in [2.24, 2.45) is 7.05 Å². The summed E-state index contributed by atoms with van der Waals surface area (Å²) in [5.41, 5.74) is 6.37. The molecule has 94 valence electrons. The SMILES string of the molecule is Cn1ncc(CNC(=O)c2cccc(=O)[nH]2)c1N. The van der Waals surface area contributed by atoms with Crippen LogP contribution < -0.4 is 16.6 Å². The van der Waals surface area contributed by atoms with Gasteiger partial charge in [-0.1, -0.05) is 6.07 Å². The molecule has 0 atom stereocenters. The van der Waals surface area contributed by atoms with Crippen LogP contribution in [0.3, 0.4) is 0 Å². The Balaban J connectivity index is 2.05. The summed E-state index contributed by atoms with van der Waals surface area (Å²) in [5.74, 6) is 0.132. The van der Waals surface area contributed by atoms with Crippen LogP contribution in [0.15, 0.2) is 29.2 Å². The van der Waals surface area contributed by atoms with E-state index >= 15 is 0 Å². The average Bonchev–Trinajstić information content (AvgIpc) is 2.67. The number of carbonyl (C=O) groups is 1. The van der Waals surface area contributed by atoms with Gasteiger partial charge < -0.3 is 16.0 Å². The molecule has 0 aromatic carbocycles. The van der Waals surface area contributed by atoms with Crippen molar-refractivity contribution in [1.29, 1.82) is 0 Å². The van der Waals surface area contributed by atoms with Gasteiger partial charge in [-0.05, 0) is 6.07 Å². The first-order valence-electron chi connectivity index (χ1n) is 5.32. The minimum absolute atomic E-state index is 0.213. The Morgan fingerprint density at radius 1 is 1.56 bits per heavy atom. The lowest BCUT2D eigenvalue weighted by atomic mass is 10.3. The summed E-state index contributed by atoms with van der Waals surface area (Å²) in [6.07, 6.45) is 1.59. The second-order valence-corrected chi connectivity index (χ2v) is 3.79. The molecule has 0 unspecified atom stereocenters. The molecule has 2 heterocycles. The highest BCUT2D eigenvalue weighted by Crippen LogP contribution is 2.08. The van der Waals surface area contributed by atoms with Crippen molar-refractivity contribution < 1.29 is 4.79 Å². The molecule has 0 aliphatic carbocycles. The van der Waals surface area contributed by atoms with Gasteiger partial charge in [-0.25, -0.2) is 0 Å². The van der Waals surface area contributed by atoms with Gasteiger partial charge in [-0.15, -0.1) is 0 Å². The van der Waals surface area contributed by atoms with Crippen molar-refractivity contribution >= 4 is 11.7 Å². The Morgan fingerprint density at radius 2 is 2.33 bits per heavy atom.